The van der Waals surface area contributed by atoms with Crippen LogP contribution in [-0.4, -0.2) is 31.1 Å². The highest BCUT2D eigenvalue weighted by Crippen LogP contribution is 2.22. The molecule has 1 atom stereocenters. The van der Waals surface area contributed by atoms with E-state index in [2.05, 4.69) is 0 Å². The molecule has 0 saturated heterocycles. The van der Waals surface area contributed by atoms with Gasteiger partial charge < -0.3 is 20.9 Å². The summed E-state index contributed by atoms with van der Waals surface area (Å²) in [6.07, 6.45) is -1.18. The number of primary amides is 1. The number of urea groups is 1. The first-order valence-electron chi connectivity index (χ1n) is 5.60. The van der Waals surface area contributed by atoms with Gasteiger partial charge in [-0.2, -0.15) is 0 Å². The fourth-order valence-electron chi connectivity index (χ4n) is 1.38. The van der Waals surface area contributed by atoms with E-state index in [0.29, 0.717) is 5.69 Å². The van der Waals surface area contributed by atoms with Gasteiger partial charge in [-0.15, -0.1) is 0 Å². The van der Waals surface area contributed by atoms with Gasteiger partial charge in [0.2, 0.25) is 0 Å². The van der Waals surface area contributed by atoms with E-state index in [1.807, 2.05) is 5.32 Å². The molecule has 0 saturated carbocycles. The molecule has 20 heavy (non-hydrogen) atoms. The van der Waals surface area contributed by atoms with Gasteiger partial charge in [-0.3, -0.25) is 10.1 Å². The zero-order valence-corrected chi connectivity index (χ0v) is 11.0. The number of methoxy groups -OCH3 is 1. The van der Waals surface area contributed by atoms with Crippen LogP contribution in [0.3, 0.4) is 0 Å². The zero-order valence-electron chi connectivity index (χ0n) is 11.0. The first-order chi connectivity index (χ1) is 9.35. The van der Waals surface area contributed by atoms with Gasteiger partial charge in [-0.05, 0) is 19.1 Å². The molecule has 0 fully saturated rings. The minimum absolute atomic E-state index is 0.112. The third-order valence-electron chi connectivity index (χ3n) is 2.34. The van der Waals surface area contributed by atoms with Crippen LogP contribution in [0.1, 0.15) is 17.3 Å². The Morgan fingerprint density at radius 1 is 1.30 bits per heavy atom. The quantitative estimate of drug-likeness (QED) is 0.526. The first kappa shape index (κ1) is 15.3. The number of rotatable bonds is 4. The van der Waals surface area contributed by atoms with Crippen LogP contribution in [0, 0.1) is 0 Å². The molecule has 1 unspecified atom stereocenters. The molecule has 0 heterocycles. The van der Waals surface area contributed by atoms with Crippen molar-refractivity contribution in [2.24, 2.45) is 5.73 Å². The lowest BCUT2D eigenvalue weighted by molar-refractivity contribution is -0.127. The number of imide groups is 1. The molecule has 0 aliphatic heterocycles. The molecule has 1 aromatic carbocycles. The molecule has 0 radical (unpaired) electrons. The van der Waals surface area contributed by atoms with Crippen molar-refractivity contribution in [1.29, 1.82) is 0 Å². The number of carbonyl (C=O) groups is 3. The van der Waals surface area contributed by atoms with E-state index in [4.69, 9.17) is 20.9 Å². The Morgan fingerprint density at radius 3 is 2.50 bits per heavy atom. The highest BCUT2D eigenvalue weighted by atomic mass is 16.5. The van der Waals surface area contributed by atoms with Crippen LogP contribution >= 0.6 is 0 Å². The number of anilines is 1. The summed E-state index contributed by atoms with van der Waals surface area (Å²) in [4.78, 5) is 33.8. The number of benzene rings is 1. The van der Waals surface area contributed by atoms with Crippen molar-refractivity contribution in [3.63, 3.8) is 0 Å². The lowest BCUT2D eigenvalue weighted by Crippen LogP contribution is -2.42. The maximum atomic E-state index is 11.9. The van der Waals surface area contributed by atoms with Gasteiger partial charge >= 0.3 is 12.0 Å². The average Bonchev–Trinajstić information content (AvgIpc) is 2.37. The predicted octanol–water partition coefficient (Wildman–Crippen LogP) is 0.0176. The second-order valence-corrected chi connectivity index (χ2v) is 3.86. The van der Waals surface area contributed by atoms with Crippen molar-refractivity contribution >= 4 is 23.6 Å². The van der Waals surface area contributed by atoms with E-state index < -0.39 is 24.0 Å². The average molecular weight is 281 g/mol. The van der Waals surface area contributed by atoms with Gasteiger partial charge in [0.05, 0.1) is 7.11 Å². The zero-order chi connectivity index (χ0) is 15.3. The number of nitrogens with two attached hydrogens (primary N) is 2. The van der Waals surface area contributed by atoms with Crippen molar-refractivity contribution in [2.75, 3.05) is 12.8 Å². The first-order valence-corrected chi connectivity index (χ1v) is 5.60. The van der Waals surface area contributed by atoms with Gasteiger partial charge in [-0.25, -0.2) is 9.59 Å². The number of amides is 3. The molecule has 0 aliphatic rings. The number of esters is 1. The second-order valence-electron chi connectivity index (χ2n) is 3.86. The maximum Gasteiger partial charge on any atom is 0.342 e. The summed E-state index contributed by atoms with van der Waals surface area (Å²) in [6, 6.07) is 3.33. The minimum Gasteiger partial charge on any atom is -0.496 e. The number of hydrogen-bond acceptors (Lipinski definition) is 6. The van der Waals surface area contributed by atoms with E-state index in [0.717, 1.165) is 0 Å². The summed E-state index contributed by atoms with van der Waals surface area (Å²) in [5.74, 6) is -1.38. The van der Waals surface area contributed by atoms with Crippen LogP contribution in [0.4, 0.5) is 10.5 Å². The van der Waals surface area contributed by atoms with E-state index in [1.165, 1.54) is 32.2 Å². The molecule has 0 aromatic heterocycles. The van der Waals surface area contributed by atoms with Crippen molar-refractivity contribution in [3.05, 3.63) is 23.8 Å². The molecule has 1 aromatic rings. The third kappa shape index (κ3) is 3.87. The van der Waals surface area contributed by atoms with Crippen LogP contribution < -0.4 is 21.5 Å². The molecular formula is C12H15N3O5. The summed E-state index contributed by atoms with van der Waals surface area (Å²) in [5.41, 5.74) is 10.9. The number of nitrogen functional groups attached to an aromatic ring is 1. The number of ether oxygens (including phenoxy) is 2. The number of hydrogen-bond donors (Lipinski definition) is 3. The van der Waals surface area contributed by atoms with E-state index in [1.54, 1.807) is 0 Å². The Labute approximate surface area is 115 Å². The predicted molar refractivity (Wildman–Crippen MR) is 70.0 cm³/mol. The van der Waals surface area contributed by atoms with Gasteiger partial charge in [0.25, 0.3) is 5.91 Å². The lowest BCUT2D eigenvalue weighted by Gasteiger charge is -2.13. The van der Waals surface area contributed by atoms with Crippen LogP contribution in [0.2, 0.25) is 0 Å². The molecule has 8 nitrogen and oxygen atoms in total. The standard InChI is InChI=1S/C12H15N3O5/c1-6(10(16)15-12(14)18)20-11(17)8-4-3-7(13)5-9(8)19-2/h3-6H,13H2,1-2H3,(H3,14,15,16,18). The fraction of sp³-hybridized carbons (Fsp3) is 0.250. The Kier molecular flexibility index (Phi) is 4.90. The van der Waals surface area contributed by atoms with Crippen molar-refractivity contribution in [3.8, 4) is 5.75 Å². The lowest BCUT2D eigenvalue weighted by atomic mass is 10.2. The summed E-state index contributed by atoms with van der Waals surface area (Å²) < 4.78 is 9.90. The monoisotopic (exact) mass is 281 g/mol. The summed E-state index contributed by atoms with van der Waals surface area (Å²) in [6.45, 7) is 1.31. The van der Waals surface area contributed by atoms with Gasteiger partial charge in [0, 0.05) is 11.8 Å². The molecule has 5 N–H and O–H groups in total. The van der Waals surface area contributed by atoms with Gasteiger partial charge in [0.1, 0.15) is 11.3 Å². The molecule has 0 spiro atoms. The normalized spacial score (nSPS) is 11.3. The maximum absolute atomic E-state index is 11.9. The summed E-state index contributed by atoms with van der Waals surface area (Å²) >= 11 is 0. The Balaban J connectivity index is 2.81. The van der Waals surface area contributed by atoms with Crippen LogP contribution in [0.15, 0.2) is 18.2 Å². The van der Waals surface area contributed by atoms with Crippen LogP contribution in [0.25, 0.3) is 0 Å². The van der Waals surface area contributed by atoms with Gasteiger partial charge in [0.15, 0.2) is 6.10 Å². The van der Waals surface area contributed by atoms with Crippen molar-refractivity contribution in [2.45, 2.75) is 13.0 Å². The minimum atomic E-state index is -1.18. The molecular weight excluding hydrogens is 266 g/mol. The second kappa shape index (κ2) is 6.41. The van der Waals surface area contributed by atoms with Crippen LogP contribution in [0.5, 0.6) is 5.75 Å². The van der Waals surface area contributed by atoms with Gasteiger partial charge in [-0.1, -0.05) is 0 Å². The largest absolute Gasteiger partial charge is 0.496 e. The van der Waals surface area contributed by atoms with E-state index >= 15 is 0 Å². The smallest absolute Gasteiger partial charge is 0.342 e. The molecule has 0 aliphatic carbocycles. The molecule has 108 valence electrons. The number of carbonyl (C=O) groups excluding carboxylic acids is 3. The SMILES string of the molecule is COc1cc(N)ccc1C(=O)OC(C)C(=O)NC(N)=O. The van der Waals surface area contributed by atoms with E-state index in [-0.39, 0.29) is 11.3 Å². The Hall–Kier alpha value is -2.77. The summed E-state index contributed by atoms with van der Waals surface area (Å²) in [5, 5.41) is 1.81. The highest BCUT2D eigenvalue weighted by Gasteiger charge is 2.22. The molecule has 8 heteroatoms. The molecule has 0 bridgehead atoms. The molecule has 3 amide bonds. The van der Waals surface area contributed by atoms with Crippen molar-refractivity contribution in [1.82, 2.24) is 5.32 Å². The topological polar surface area (TPSA) is 134 Å². The Bertz CT molecular complexity index is 544. The number of nitrogens with one attached hydrogen (secondary N) is 1. The van der Waals surface area contributed by atoms with Crippen molar-refractivity contribution < 1.29 is 23.9 Å². The summed E-state index contributed by atoms with van der Waals surface area (Å²) in [7, 11) is 1.37. The molecule has 1 rings (SSSR count). The third-order valence-corrected chi connectivity index (χ3v) is 2.34. The highest BCUT2D eigenvalue weighted by molar-refractivity contribution is 5.98. The van der Waals surface area contributed by atoms with Crippen LogP contribution in [-0.2, 0) is 9.53 Å². The Morgan fingerprint density at radius 2 is 1.95 bits per heavy atom. The van der Waals surface area contributed by atoms with E-state index in [9.17, 15) is 14.4 Å². The fourth-order valence-corrected chi connectivity index (χ4v) is 1.38.